The number of benzene rings is 3. The molecule has 252 valence electrons. The second-order valence-electron chi connectivity index (χ2n) is 13.7. The van der Waals surface area contributed by atoms with Crippen LogP contribution in [0.1, 0.15) is 64.5 Å². The van der Waals surface area contributed by atoms with E-state index in [9.17, 15) is 25.9 Å². The van der Waals surface area contributed by atoms with Gasteiger partial charge in [0.2, 0.25) is 5.69 Å². The van der Waals surface area contributed by atoms with Gasteiger partial charge < -0.3 is 14.4 Å². The highest BCUT2D eigenvalue weighted by molar-refractivity contribution is 7.86. The molecule has 3 aromatic rings. The van der Waals surface area contributed by atoms with E-state index in [0.29, 0.717) is 17.0 Å². The zero-order valence-electron chi connectivity index (χ0n) is 27.3. The highest BCUT2D eigenvalue weighted by atomic mass is 35.5. The normalized spacial score (nSPS) is 20.6. The summed E-state index contributed by atoms with van der Waals surface area (Å²) >= 11 is 7.05. The summed E-state index contributed by atoms with van der Waals surface area (Å²) < 4.78 is 70.9. The van der Waals surface area contributed by atoms with Crippen LogP contribution in [-0.4, -0.2) is 48.5 Å². The number of anilines is 1. The molecule has 0 bridgehead atoms. The zero-order chi connectivity index (χ0) is 34.6. The van der Waals surface area contributed by atoms with Crippen LogP contribution in [0, 0.1) is 0 Å². The lowest BCUT2D eigenvalue weighted by atomic mass is 9.81. The van der Waals surface area contributed by atoms with Crippen LogP contribution in [0.4, 0.5) is 11.4 Å². The number of para-hydroxylation sites is 1. The minimum absolute atomic E-state index is 0.228. The summed E-state index contributed by atoms with van der Waals surface area (Å²) in [5.41, 5.74) is 7.39. The zero-order valence-corrected chi connectivity index (χ0v) is 29.7. The van der Waals surface area contributed by atoms with Gasteiger partial charge >= 0.3 is 0 Å². The van der Waals surface area contributed by atoms with Crippen LogP contribution >= 0.6 is 11.6 Å². The first kappa shape index (κ1) is 34.3. The summed E-state index contributed by atoms with van der Waals surface area (Å²) in [5, 5.41) is 5.82. The average Bonchev–Trinajstić information content (AvgIpc) is 3.40. The number of fused-ring (bicyclic) bond motifs is 4. The molecule has 0 atom stereocenters. The molecule has 6 rings (SSSR count). The van der Waals surface area contributed by atoms with E-state index >= 15 is 0 Å². The molecule has 2 aliphatic heterocycles. The molecule has 2 heterocycles. The molecule has 0 saturated heterocycles. The largest absolute Gasteiger partial charge is 0.748 e. The quantitative estimate of drug-likeness (QED) is 0.190. The number of allylic oxidation sites excluding steroid dienone is 8. The van der Waals surface area contributed by atoms with Crippen molar-refractivity contribution in [3.8, 4) is 0 Å². The summed E-state index contributed by atoms with van der Waals surface area (Å²) in [6.45, 7) is 8.92. The lowest BCUT2D eigenvalue weighted by Gasteiger charge is -2.22. The molecule has 1 aliphatic carbocycles. The highest BCUT2D eigenvalue weighted by Gasteiger charge is 2.44. The van der Waals surface area contributed by atoms with Gasteiger partial charge in [-0.25, -0.2) is 16.8 Å². The lowest BCUT2D eigenvalue weighted by Crippen LogP contribution is -2.28. The highest BCUT2D eigenvalue weighted by Crippen LogP contribution is 2.47. The predicted molar refractivity (Wildman–Crippen MR) is 189 cm³/mol. The second-order valence-corrected chi connectivity index (χ2v) is 16.9. The fraction of sp³-hybridized carbons (Fsp3) is 0.324. The van der Waals surface area contributed by atoms with Gasteiger partial charge in [-0.15, -0.1) is 0 Å². The molecule has 3 aliphatic rings. The van der Waals surface area contributed by atoms with Gasteiger partial charge in [-0.1, -0.05) is 67.9 Å². The van der Waals surface area contributed by atoms with Crippen molar-refractivity contribution in [3.05, 3.63) is 112 Å². The Balaban J connectivity index is 1.31. The van der Waals surface area contributed by atoms with Gasteiger partial charge in [-0.05, 0) is 84.9 Å². The van der Waals surface area contributed by atoms with Gasteiger partial charge in [0, 0.05) is 51.7 Å². The first-order valence-electron chi connectivity index (χ1n) is 15.9. The van der Waals surface area contributed by atoms with E-state index in [1.165, 1.54) is 12.1 Å². The van der Waals surface area contributed by atoms with Gasteiger partial charge in [0.1, 0.15) is 16.7 Å². The Morgan fingerprint density at radius 3 is 2.40 bits per heavy atom. The Morgan fingerprint density at radius 2 is 1.67 bits per heavy atom. The standard InChI is InChI=1S/C37H39ClN2O6S2/c1-36(2)29-11-5-6-12-31(29)40(21-8-22-47(41,42)43)33(36)20-15-25-10-7-9-24(35(25)38)14-19-32-37(3,4)34-28-17-16-27(48(44,45)46)23-26(28)13-18-30(34)39-32/h5-6,11-20,23H,7-10,21-22H2,1-4H3,(H2,41,42,43,44,45,46)/p-1. The molecule has 48 heavy (non-hydrogen) atoms. The van der Waals surface area contributed by atoms with Gasteiger partial charge in [-0.3, -0.25) is 0 Å². The summed E-state index contributed by atoms with van der Waals surface area (Å²) in [4.78, 5) is -0.246. The van der Waals surface area contributed by atoms with E-state index in [4.69, 9.17) is 11.6 Å². The molecular weight excluding hydrogens is 668 g/mol. The number of hydrogen-bond donors (Lipinski definition) is 1. The number of nitrogens with one attached hydrogen (secondary N) is 1. The molecule has 0 aromatic heterocycles. The molecule has 8 nitrogen and oxygen atoms in total. The van der Waals surface area contributed by atoms with Crippen LogP contribution in [0.25, 0.3) is 10.8 Å². The predicted octanol–water partition coefficient (Wildman–Crippen LogP) is 7.50. The van der Waals surface area contributed by atoms with Crippen LogP contribution in [0.15, 0.2) is 106 Å². The first-order chi connectivity index (χ1) is 22.5. The van der Waals surface area contributed by atoms with E-state index in [1.807, 2.05) is 30.3 Å². The molecule has 0 amide bonds. The molecule has 3 aromatic carbocycles. The summed E-state index contributed by atoms with van der Waals surface area (Å²) in [7, 11) is -8.87. The first-order valence-corrected chi connectivity index (χ1v) is 19.3. The number of halogens is 1. The Bertz CT molecular complexity index is 2230. The lowest BCUT2D eigenvalue weighted by molar-refractivity contribution is -0.437. The van der Waals surface area contributed by atoms with Crippen molar-refractivity contribution in [2.24, 2.45) is 0 Å². The van der Waals surface area contributed by atoms with E-state index in [1.54, 1.807) is 6.07 Å². The van der Waals surface area contributed by atoms with Crippen molar-refractivity contribution in [3.63, 3.8) is 0 Å². The van der Waals surface area contributed by atoms with E-state index in [0.717, 1.165) is 69.7 Å². The summed E-state index contributed by atoms with van der Waals surface area (Å²) in [6.07, 6.45) is 11.1. The monoisotopic (exact) mass is 705 g/mol. The van der Waals surface area contributed by atoms with E-state index < -0.39 is 31.4 Å². The SMILES string of the molecule is CC1(C)C(/C=C/C2=C(Cl)C(=C/C=C3\Nc4ccc5cc(S(=O)(=O)[O-])ccc5c4C3(C)C)/CCC2)=[N+](CCCS(=O)(=O)[O-])c2ccccc21. The van der Waals surface area contributed by atoms with E-state index in [-0.39, 0.29) is 16.7 Å². The summed E-state index contributed by atoms with van der Waals surface area (Å²) in [5.74, 6) is -0.413. The van der Waals surface area contributed by atoms with Crippen LogP contribution in [0.3, 0.4) is 0 Å². The Labute approximate surface area is 287 Å². The third kappa shape index (κ3) is 6.44. The molecular formula is C37H38ClN2O6S2-. The van der Waals surface area contributed by atoms with Gasteiger partial charge in [-0.2, -0.15) is 4.58 Å². The molecule has 0 saturated carbocycles. The number of hydrogen-bond acceptors (Lipinski definition) is 7. The smallest absolute Gasteiger partial charge is 0.209 e. The van der Waals surface area contributed by atoms with Crippen LogP contribution in [0.5, 0.6) is 0 Å². The number of rotatable bonds is 8. The van der Waals surface area contributed by atoms with Crippen molar-refractivity contribution in [1.29, 1.82) is 0 Å². The molecule has 0 spiro atoms. The summed E-state index contributed by atoms with van der Waals surface area (Å²) in [6, 6.07) is 16.3. The maximum absolute atomic E-state index is 11.6. The van der Waals surface area contributed by atoms with Crippen molar-refractivity contribution in [1.82, 2.24) is 0 Å². The minimum Gasteiger partial charge on any atom is -0.748 e. The molecule has 0 fully saturated rings. The molecule has 0 radical (unpaired) electrons. The third-order valence-electron chi connectivity index (χ3n) is 9.77. The van der Waals surface area contributed by atoms with Crippen LogP contribution in [-0.2, 0) is 31.1 Å². The minimum atomic E-state index is -4.56. The Hall–Kier alpha value is -3.54. The van der Waals surface area contributed by atoms with Crippen LogP contribution < -0.4 is 5.32 Å². The topological polar surface area (TPSA) is 129 Å². The van der Waals surface area contributed by atoms with E-state index in [2.05, 4.69) is 68.0 Å². The second kappa shape index (κ2) is 12.4. The number of nitrogens with zero attached hydrogens (tertiary/aromatic N) is 1. The van der Waals surface area contributed by atoms with Crippen molar-refractivity contribution < 1.29 is 30.5 Å². The Kier molecular flexibility index (Phi) is 8.87. The molecule has 1 N–H and O–H groups in total. The fourth-order valence-electron chi connectivity index (χ4n) is 7.28. The molecule has 0 unspecified atom stereocenters. The third-order valence-corrected chi connectivity index (χ3v) is 11.9. The maximum atomic E-state index is 11.6. The van der Waals surface area contributed by atoms with Crippen LogP contribution in [0.2, 0.25) is 0 Å². The maximum Gasteiger partial charge on any atom is 0.209 e. The van der Waals surface area contributed by atoms with Crippen molar-refractivity contribution in [2.75, 3.05) is 17.6 Å². The Morgan fingerprint density at radius 1 is 0.917 bits per heavy atom. The van der Waals surface area contributed by atoms with Crippen molar-refractivity contribution in [2.45, 2.75) is 69.1 Å². The van der Waals surface area contributed by atoms with Gasteiger partial charge in [0.15, 0.2) is 5.71 Å². The van der Waals surface area contributed by atoms with Crippen molar-refractivity contribution >= 4 is 59.7 Å². The van der Waals surface area contributed by atoms with Gasteiger partial charge in [0.05, 0.1) is 20.4 Å². The van der Waals surface area contributed by atoms with Gasteiger partial charge in [0.25, 0.3) is 0 Å². The average molecular weight is 706 g/mol. The molecule has 11 heteroatoms. The fourth-order valence-corrected chi connectivity index (χ4v) is 8.58.